The summed E-state index contributed by atoms with van der Waals surface area (Å²) in [5, 5.41) is 0. The monoisotopic (exact) mass is 94.1 g/mol. The molecular formula is C7H10. The molecule has 0 rings (SSSR count). The maximum atomic E-state index is 3.51. The van der Waals surface area contributed by atoms with Gasteiger partial charge in [-0.3, -0.25) is 0 Å². The second-order valence-electron chi connectivity index (χ2n) is 1.15. The summed E-state index contributed by atoms with van der Waals surface area (Å²) in [6, 6.07) is 0. The van der Waals surface area contributed by atoms with Crippen LogP contribution in [0.2, 0.25) is 0 Å². The van der Waals surface area contributed by atoms with Gasteiger partial charge in [-0.2, -0.15) is 0 Å². The van der Waals surface area contributed by atoms with Crippen LogP contribution in [0.3, 0.4) is 0 Å². The fraction of sp³-hybridized carbons (Fsp3) is 0.143. The van der Waals surface area contributed by atoms with Gasteiger partial charge in [0.1, 0.15) is 0 Å². The molecule has 0 bridgehead atoms. The second-order valence-corrected chi connectivity index (χ2v) is 1.15. The van der Waals surface area contributed by atoms with Gasteiger partial charge in [0.2, 0.25) is 0 Å². The van der Waals surface area contributed by atoms with Crippen molar-refractivity contribution >= 4 is 0 Å². The third-order valence-corrected chi connectivity index (χ3v) is 0.551. The van der Waals surface area contributed by atoms with E-state index >= 15 is 0 Å². The molecule has 0 aromatic rings. The Morgan fingerprint density at radius 1 is 1.14 bits per heavy atom. The third-order valence-electron chi connectivity index (χ3n) is 0.551. The van der Waals surface area contributed by atoms with Gasteiger partial charge in [-0.05, 0) is 6.92 Å². The van der Waals surface area contributed by atoms with Crippen molar-refractivity contribution < 1.29 is 0 Å². The lowest BCUT2D eigenvalue weighted by Crippen LogP contribution is -1.43. The largest absolute Gasteiger partial charge is 0.0991 e. The van der Waals surface area contributed by atoms with Gasteiger partial charge in [0, 0.05) is 0 Å². The Bertz CT molecular complexity index is 86.2. The molecule has 0 nitrogen and oxygen atoms in total. The van der Waals surface area contributed by atoms with Crippen LogP contribution in [0.15, 0.2) is 37.0 Å². The summed E-state index contributed by atoms with van der Waals surface area (Å²) in [6.45, 7) is 5.49. The zero-order valence-electron chi connectivity index (χ0n) is 4.59. The van der Waals surface area contributed by atoms with E-state index in [2.05, 4.69) is 6.58 Å². The Labute approximate surface area is 44.9 Å². The molecule has 0 unspecified atom stereocenters. The van der Waals surface area contributed by atoms with E-state index < -0.39 is 0 Å². The van der Waals surface area contributed by atoms with Crippen molar-refractivity contribution in [2.75, 3.05) is 0 Å². The Kier molecular flexibility index (Phi) is 4.64. The van der Waals surface area contributed by atoms with Gasteiger partial charge < -0.3 is 0 Å². The van der Waals surface area contributed by atoms with Crippen molar-refractivity contribution in [3.8, 4) is 0 Å². The van der Waals surface area contributed by atoms with Crippen LogP contribution in [-0.2, 0) is 0 Å². The van der Waals surface area contributed by atoms with Crippen molar-refractivity contribution in [3.63, 3.8) is 0 Å². The first-order chi connectivity index (χ1) is 3.41. The van der Waals surface area contributed by atoms with E-state index in [4.69, 9.17) is 0 Å². The lowest BCUT2D eigenvalue weighted by Gasteiger charge is -1.65. The van der Waals surface area contributed by atoms with Crippen LogP contribution < -0.4 is 0 Å². The smallest absolute Gasteiger partial charge is 0.0467 e. The maximum Gasteiger partial charge on any atom is -0.0467 e. The summed E-state index contributed by atoms with van der Waals surface area (Å²) in [5.74, 6) is 0. The molecule has 0 aliphatic rings. The molecule has 0 aromatic heterocycles. The van der Waals surface area contributed by atoms with Gasteiger partial charge in [0.25, 0.3) is 0 Å². The average molecular weight is 94.2 g/mol. The zero-order chi connectivity index (χ0) is 5.54. The van der Waals surface area contributed by atoms with Crippen LogP contribution in [0, 0.1) is 0 Å². The quantitative estimate of drug-likeness (QED) is 0.460. The topological polar surface area (TPSA) is 0 Å². The van der Waals surface area contributed by atoms with Gasteiger partial charge in [-0.15, -0.1) is 0 Å². The number of hydrogen-bond donors (Lipinski definition) is 0. The molecule has 0 atom stereocenters. The van der Waals surface area contributed by atoms with Crippen LogP contribution in [0.1, 0.15) is 6.92 Å². The highest BCUT2D eigenvalue weighted by molar-refractivity contribution is 5.07. The molecule has 38 valence electrons. The molecule has 7 heavy (non-hydrogen) atoms. The van der Waals surface area contributed by atoms with Crippen molar-refractivity contribution in [2.24, 2.45) is 0 Å². The van der Waals surface area contributed by atoms with Crippen LogP contribution in [0.25, 0.3) is 0 Å². The molecule has 0 heterocycles. The molecule has 0 saturated heterocycles. The number of rotatable bonds is 2. The summed E-state index contributed by atoms with van der Waals surface area (Å²) in [4.78, 5) is 0. The van der Waals surface area contributed by atoms with Gasteiger partial charge in [-0.25, -0.2) is 0 Å². The lowest BCUT2D eigenvalue weighted by molar-refractivity contribution is 1.73. The predicted molar refractivity (Wildman–Crippen MR) is 34.2 cm³/mol. The fourth-order valence-electron chi connectivity index (χ4n) is 0.254. The molecule has 0 saturated carbocycles. The van der Waals surface area contributed by atoms with Gasteiger partial charge in [0.15, 0.2) is 0 Å². The first-order valence-electron chi connectivity index (χ1n) is 2.32. The van der Waals surface area contributed by atoms with Gasteiger partial charge >= 0.3 is 0 Å². The van der Waals surface area contributed by atoms with E-state index in [-0.39, 0.29) is 0 Å². The van der Waals surface area contributed by atoms with Crippen molar-refractivity contribution in [1.29, 1.82) is 0 Å². The Morgan fingerprint density at radius 3 is 2.29 bits per heavy atom. The molecule has 0 fully saturated rings. The first kappa shape index (κ1) is 6.22. The molecule has 0 aliphatic heterocycles. The third kappa shape index (κ3) is 5.22. The van der Waals surface area contributed by atoms with Crippen molar-refractivity contribution in [3.05, 3.63) is 37.0 Å². The summed E-state index contributed by atoms with van der Waals surface area (Å²) in [5.41, 5.74) is 0. The molecule has 0 spiro atoms. The molecule has 0 aliphatic carbocycles. The zero-order valence-corrected chi connectivity index (χ0v) is 4.59. The molecule has 0 N–H and O–H groups in total. The normalized spacial score (nSPS) is 11.0. The van der Waals surface area contributed by atoms with E-state index in [9.17, 15) is 0 Å². The summed E-state index contributed by atoms with van der Waals surface area (Å²) in [7, 11) is 0. The van der Waals surface area contributed by atoms with E-state index in [1.807, 2.05) is 31.2 Å². The minimum absolute atomic E-state index is 1.75. The van der Waals surface area contributed by atoms with Gasteiger partial charge in [0.05, 0.1) is 0 Å². The molecule has 0 aromatic carbocycles. The second kappa shape index (κ2) is 5.22. The maximum absolute atomic E-state index is 3.51. The minimum atomic E-state index is 1.75. The molecular weight excluding hydrogens is 84.1 g/mol. The van der Waals surface area contributed by atoms with Crippen LogP contribution in [0.4, 0.5) is 0 Å². The van der Waals surface area contributed by atoms with E-state index in [0.29, 0.717) is 0 Å². The molecule has 0 radical (unpaired) electrons. The molecule has 0 heteroatoms. The lowest BCUT2D eigenvalue weighted by atomic mass is 10.4. The predicted octanol–water partition coefficient (Wildman–Crippen LogP) is 2.30. The van der Waals surface area contributed by atoms with Crippen LogP contribution >= 0.6 is 0 Å². The Balaban J connectivity index is 3.27. The average Bonchev–Trinajstić information content (AvgIpc) is 1.69. The highest BCUT2D eigenvalue weighted by Crippen LogP contribution is 1.74. The van der Waals surface area contributed by atoms with Crippen molar-refractivity contribution in [2.45, 2.75) is 6.92 Å². The number of hydrogen-bond acceptors (Lipinski definition) is 0. The first-order valence-corrected chi connectivity index (χ1v) is 2.32. The molecule has 0 amide bonds. The Hall–Kier alpha value is -0.780. The van der Waals surface area contributed by atoms with Crippen LogP contribution in [-0.4, -0.2) is 0 Å². The SMILES string of the molecule is C=C/C=C\C=CC. The fourth-order valence-corrected chi connectivity index (χ4v) is 0.254. The van der Waals surface area contributed by atoms with Crippen LogP contribution in [0.5, 0.6) is 0 Å². The highest BCUT2D eigenvalue weighted by Gasteiger charge is 1.52. The minimum Gasteiger partial charge on any atom is -0.0991 e. The van der Waals surface area contributed by atoms with E-state index in [0.717, 1.165) is 0 Å². The highest BCUT2D eigenvalue weighted by atomic mass is 13.6. The van der Waals surface area contributed by atoms with Gasteiger partial charge in [-0.1, -0.05) is 37.0 Å². The van der Waals surface area contributed by atoms with E-state index in [1.165, 1.54) is 0 Å². The van der Waals surface area contributed by atoms with Crippen molar-refractivity contribution in [1.82, 2.24) is 0 Å². The van der Waals surface area contributed by atoms with E-state index in [1.54, 1.807) is 6.08 Å². The standard InChI is InChI=1S/C7H10/c1-3-5-7-6-4-2/h3-7H,1H2,2H3/b6-4?,7-5-. The summed E-state index contributed by atoms with van der Waals surface area (Å²) in [6.07, 6.45) is 9.51. The summed E-state index contributed by atoms with van der Waals surface area (Å²) >= 11 is 0. The Morgan fingerprint density at radius 2 is 1.86 bits per heavy atom. The summed E-state index contributed by atoms with van der Waals surface area (Å²) < 4.78 is 0. The number of allylic oxidation sites excluding steroid dienone is 5.